The van der Waals surface area contributed by atoms with Gasteiger partial charge in [0.15, 0.2) is 0 Å². The van der Waals surface area contributed by atoms with Gasteiger partial charge in [-0.05, 0) is 30.7 Å². The van der Waals surface area contributed by atoms with E-state index in [1.54, 1.807) is 30.3 Å². The van der Waals surface area contributed by atoms with Crippen LogP contribution in [0, 0.1) is 0 Å². The van der Waals surface area contributed by atoms with E-state index in [2.05, 4.69) is 10.1 Å². The molecule has 0 atom stereocenters. The second kappa shape index (κ2) is 11.0. The van der Waals surface area contributed by atoms with E-state index in [0.29, 0.717) is 5.56 Å². The molecule has 0 aliphatic carbocycles. The molecule has 1 fully saturated rings. The number of ether oxygens (including phenoxy) is 1. The largest absolute Gasteiger partial charge is 0.478 e. The monoisotopic (exact) mass is 492 g/mol. The number of carboxylic acids is 1. The molecule has 1 aliphatic heterocycles. The van der Waals surface area contributed by atoms with Crippen LogP contribution in [0.25, 0.3) is 6.08 Å². The molecule has 2 amide bonds. The van der Waals surface area contributed by atoms with Crippen LogP contribution in [0.4, 0.5) is 14.5 Å². The summed E-state index contributed by atoms with van der Waals surface area (Å²) in [6.07, 6.45) is 1.76. The van der Waals surface area contributed by atoms with Gasteiger partial charge in [0.25, 0.3) is 5.91 Å². The molecule has 0 aromatic heterocycles. The zero-order chi connectivity index (χ0) is 24.0. The van der Waals surface area contributed by atoms with Crippen molar-refractivity contribution in [2.45, 2.75) is 19.5 Å². The maximum Gasteiger partial charge on any atom is 0.387 e. The predicted molar refractivity (Wildman–Crippen MR) is 124 cm³/mol. The van der Waals surface area contributed by atoms with Crippen LogP contribution >= 0.6 is 24.0 Å². The number of thiocarbonyl (C=S) groups is 1. The lowest BCUT2D eigenvalue weighted by molar-refractivity contribution is -0.122. The molecule has 2 aromatic carbocycles. The Kier molecular flexibility index (Phi) is 8.12. The number of anilines is 1. The third-order valence-corrected chi connectivity index (χ3v) is 5.89. The van der Waals surface area contributed by atoms with Gasteiger partial charge in [0.1, 0.15) is 10.1 Å². The first-order valence-corrected chi connectivity index (χ1v) is 10.9. The molecule has 1 aliphatic rings. The summed E-state index contributed by atoms with van der Waals surface area (Å²) < 4.78 is 30.0. The van der Waals surface area contributed by atoms with Crippen molar-refractivity contribution >= 4 is 57.8 Å². The molecule has 0 unspecified atom stereocenters. The maximum atomic E-state index is 12.7. The highest BCUT2D eigenvalue weighted by molar-refractivity contribution is 8.26. The van der Waals surface area contributed by atoms with E-state index in [-0.39, 0.29) is 45.6 Å². The summed E-state index contributed by atoms with van der Waals surface area (Å²) in [4.78, 5) is 37.8. The van der Waals surface area contributed by atoms with E-state index in [1.807, 2.05) is 0 Å². The summed E-state index contributed by atoms with van der Waals surface area (Å²) in [5.74, 6) is -2.01. The van der Waals surface area contributed by atoms with Crippen LogP contribution in [-0.2, 0) is 9.59 Å². The van der Waals surface area contributed by atoms with Gasteiger partial charge in [0.05, 0.1) is 16.2 Å². The first-order chi connectivity index (χ1) is 15.8. The first-order valence-electron chi connectivity index (χ1n) is 9.67. The van der Waals surface area contributed by atoms with Crippen molar-refractivity contribution in [3.8, 4) is 5.75 Å². The second-order valence-electron chi connectivity index (χ2n) is 6.75. The average molecular weight is 493 g/mol. The number of carbonyl (C=O) groups excluding carboxylic acids is 2. The Morgan fingerprint density at radius 3 is 2.61 bits per heavy atom. The predicted octanol–water partition coefficient (Wildman–Crippen LogP) is 4.61. The first kappa shape index (κ1) is 24.3. The topological polar surface area (TPSA) is 95.9 Å². The molecule has 7 nitrogen and oxygen atoms in total. The molecule has 1 saturated heterocycles. The van der Waals surface area contributed by atoms with E-state index in [9.17, 15) is 28.3 Å². The van der Waals surface area contributed by atoms with Gasteiger partial charge in [-0.25, -0.2) is 4.79 Å². The summed E-state index contributed by atoms with van der Waals surface area (Å²) in [5.41, 5.74) is 0.479. The minimum atomic E-state index is -3.00. The lowest BCUT2D eigenvalue weighted by Crippen LogP contribution is -2.29. The molecule has 0 saturated carbocycles. The van der Waals surface area contributed by atoms with Crippen LogP contribution in [0.5, 0.6) is 5.75 Å². The van der Waals surface area contributed by atoms with Crippen LogP contribution in [-0.4, -0.2) is 45.3 Å². The number of alkyl halides is 2. The van der Waals surface area contributed by atoms with E-state index < -0.39 is 24.4 Å². The summed E-state index contributed by atoms with van der Waals surface area (Å²) in [5, 5.41) is 11.7. The van der Waals surface area contributed by atoms with Crippen molar-refractivity contribution in [1.29, 1.82) is 0 Å². The average Bonchev–Trinajstić information content (AvgIpc) is 3.02. The smallest absolute Gasteiger partial charge is 0.387 e. The van der Waals surface area contributed by atoms with Gasteiger partial charge in [-0.1, -0.05) is 54.3 Å². The number of aromatic carboxylic acids is 1. The molecular formula is C22H18F2N2O5S2. The number of nitrogens with zero attached hydrogens (tertiary/aromatic N) is 1. The molecule has 0 spiro atoms. The Bertz CT molecular complexity index is 1120. The molecule has 33 heavy (non-hydrogen) atoms. The van der Waals surface area contributed by atoms with Crippen LogP contribution in [0.2, 0.25) is 0 Å². The standard InChI is InChI=1S/C22H18F2N2O5S2/c23-21(24)31-16-9-4-1-6-13(16)12-17-19(28)26(22(32)33-17)11-5-10-18(27)25-15-8-3-2-7-14(15)20(29)30/h1-4,6-9,12,21H,5,10-11H2,(H,25,27)(H,29,30)/b17-12-. The highest BCUT2D eigenvalue weighted by Crippen LogP contribution is 2.34. The molecule has 0 bridgehead atoms. The van der Waals surface area contributed by atoms with E-state index >= 15 is 0 Å². The Morgan fingerprint density at radius 2 is 1.88 bits per heavy atom. The number of hydrogen-bond acceptors (Lipinski definition) is 6. The number of thioether (sulfide) groups is 1. The molecule has 172 valence electrons. The van der Waals surface area contributed by atoms with Crippen molar-refractivity contribution < 1.29 is 33.0 Å². The Morgan fingerprint density at radius 1 is 1.18 bits per heavy atom. The number of amides is 2. The Labute approximate surface area is 197 Å². The van der Waals surface area contributed by atoms with Crippen molar-refractivity contribution in [1.82, 2.24) is 4.90 Å². The van der Waals surface area contributed by atoms with Gasteiger partial charge in [-0.15, -0.1) is 0 Å². The van der Waals surface area contributed by atoms with E-state index in [0.717, 1.165) is 11.8 Å². The molecule has 0 radical (unpaired) electrons. The lowest BCUT2D eigenvalue weighted by atomic mass is 10.1. The number of nitrogens with one attached hydrogen (secondary N) is 1. The zero-order valence-corrected chi connectivity index (χ0v) is 18.6. The number of hydrogen-bond donors (Lipinski definition) is 2. The molecule has 2 aromatic rings. The van der Waals surface area contributed by atoms with E-state index in [1.165, 1.54) is 29.2 Å². The summed E-state index contributed by atoms with van der Waals surface area (Å²) in [7, 11) is 0. The fourth-order valence-electron chi connectivity index (χ4n) is 3.03. The van der Waals surface area contributed by atoms with Gasteiger partial charge >= 0.3 is 12.6 Å². The van der Waals surface area contributed by atoms with Crippen molar-refractivity contribution in [3.05, 3.63) is 64.6 Å². The van der Waals surface area contributed by atoms with Gasteiger partial charge in [0, 0.05) is 18.5 Å². The summed E-state index contributed by atoms with van der Waals surface area (Å²) in [6, 6.07) is 12.1. The molecule has 1 heterocycles. The van der Waals surface area contributed by atoms with Crippen LogP contribution < -0.4 is 10.1 Å². The van der Waals surface area contributed by atoms with Crippen molar-refractivity contribution in [2.75, 3.05) is 11.9 Å². The molecule has 2 N–H and O–H groups in total. The van der Waals surface area contributed by atoms with E-state index in [4.69, 9.17) is 12.2 Å². The zero-order valence-electron chi connectivity index (χ0n) is 17.0. The third kappa shape index (κ3) is 6.36. The highest BCUT2D eigenvalue weighted by Gasteiger charge is 2.32. The minimum absolute atomic E-state index is 0.0240. The number of benzene rings is 2. The second-order valence-corrected chi connectivity index (χ2v) is 8.43. The lowest BCUT2D eigenvalue weighted by Gasteiger charge is -2.14. The maximum absolute atomic E-state index is 12.7. The number of carbonyl (C=O) groups is 3. The van der Waals surface area contributed by atoms with Gasteiger partial charge in [-0.2, -0.15) is 8.78 Å². The highest BCUT2D eigenvalue weighted by atomic mass is 32.2. The summed E-state index contributed by atoms with van der Waals surface area (Å²) in [6.45, 7) is -2.83. The molecule has 11 heteroatoms. The van der Waals surface area contributed by atoms with Crippen LogP contribution in [0.3, 0.4) is 0 Å². The van der Waals surface area contributed by atoms with Gasteiger partial charge < -0.3 is 15.2 Å². The van der Waals surface area contributed by atoms with Gasteiger partial charge in [0.2, 0.25) is 5.91 Å². The van der Waals surface area contributed by atoms with Crippen molar-refractivity contribution in [3.63, 3.8) is 0 Å². The Balaban J connectivity index is 1.60. The van der Waals surface area contributed by atoms with Crippen LogP contribution in [0.15, 0.2) is 53.4 Å². The number of carboxylic acid groups (broad SMARTS) is 1. The van der Waals surface area contributed by atoms with Gasteiger partial charge in [-0.3, -0.25) is 14.5 Å². The quantitative estimate of drug-likeness (QED) is 0.390. The number of halogens is 2. The fourth-order valence-corrected chi connectivity index (χ4v) is 4.33. The fraction of sp³-hybridized carbons (Fsp3) is 0.182. The number of para-hydroxylation sites is 2. The molecular weight excluding hydrogens is 474 g/mol. The summed E-state index contributed by atoms with van der Waals surface area (Å²) >= 11 is 6.28. The SMILES string of the molecule is O=C(CCCN1C(=O)/C(=C/c2ccccc2OC(F)F)SC1=S)Nc1ccccc1C(=O)O. The Hall–Kier alpha value is -3.31. The normalized spacial score (nSPS) is 14.8. The van der Waals surface area contributed by atoms with Crippen molar-refractivity contribution in [2.24, 2.45) is 0 Å². The number of rotatable bonds is 9. The molecule has 3 rings (SSSR count). The van der Waals surface area contributed by atoms with Crippen LogP contribution in [0.1, 0.15) is 28.8 Å². The third-order valence-electron chi connectivity index (χ3n) is 4.51. The minimum Gasteiger partial charge on any atom is -0.478 e.